The number of hydrogen-bond acceptors (Lipinski definition) is 7. The largest absolute Gasteiger partial charge is 0.494 e. The lowest BCUT2D eigenvalue weighted by molar-refractivity contribution is 0.456. The molecule has 0 amide bonds. The summed E-state index contributed by atoms with van der Waals surface area (Å²) >= 11 is 6.11. The Labute approximate surface area is 135 Å². The van der Waals surface area contributed by atoms with Crippen molar-refractivity contribution in [1.29, 1.82) is 0 Å². The molecule has 0 saturated carbocycles. The van der Waals surface area contributed by atoms with Crippen LogP contribution < -0.4 is 0 Å². The second-order valence-electron chi connectivity index (χ2n) is 3.84. The van der Waals surface area contributed by atoms with Gasteiger partial charge in [-0.1, -0.05) is 18.3 Å². The molecular weight excluding hydrogens is 348 g/mol. The molecule has 1 aromatic carbocycles. The Kier molecular flexibility index (Phi) is 5.20. The molecule has 0 saturated heterocycles. The predicted octanol–water partition coefficient (Wildman–Crippen LogP) is 3.70. The summed E-state index contributed by atoms with van der Waals surface area (Å²) in [5.41, 5.74) is 0.592. The minimum absolute atomic E-state index is 0.0210. The lowest BCUT2D eigenvalue weighted by Gasteiger charge is -2.01. The number of aromatic amines is 1. The monoisotopic (exact) mass is 360 g/mol. The van der Waals surface area contributed by atoms with Gasteiger partial charge in [0, 0.05) is 5.75 Å². The summed E-state index contributed by atoms with van der Waals surface area (Å²) in [5, 5.41) is 9.53. The standard InChI is InChI=1S/C12H12N2O3S4/c1-2-19-21(16,17)9-5-3-8(4-6-9)13-7-10-11(15)14-12(18)20-10/h3-7,15H,2H2,1H3,(H,14,18). The maximum atomic E-state index is 11.8. The first-order valence-corrected chi connectivity index (χ1v) is 10.1. The minimum atomic E-state index is -3.29. The molecule has 1 aromatic heterocycles. The molecule has 112 valence electrons. The van der Waals surface area contributed by atoms with Crippen LogP contribution in [0, 0.1) is 3.95 Å². The van der Waals surface area contributed by atoms with E-state index in [2.05, 4.69) is 9.98 Å². The molecule has 9 heteroatoms. The van der Waals surface area contributed by atoms with Crippen LogP contribution in [0.25, 0.3) is 0 Å². The van der Waals surface area contributed by atoms with E-state index < -0.39 is 8.87 Å². The zero-order valence-corrected chi connectivity index (χ0v) is 14.2. The number of aliphatic imine (C=N–C) groups is 1. The van der Waals surface area contributed by atoms with Gasteiger partial charge in [-0.2, -0.15) is 0 Å². The molecule has 1 heterocycles. The van der Waals surface area contributed by atoms with E-state index in [0.717, 1.165) is 10.8 Å². The topological polar surface area (TPSA) is 82.5 Å². The average molecular weight is 361 g/mol. The van der Waals surface area contributed by atoms with Crippen LogP contribution in [-0.4, -0.2) is 30.5 Å². The van der Waals surface area contributed by atoms with Crippen LogP contribution in [-0.2, 0) is 8.87 Å². The second kappa shape index (κ2) is 6.73. The average Bonchev–Trinajstić information content (AvgIpc) is 2.75. The van der Waals surface area contributed by atoms with Crippen LogP contribution in [0.4, 0.5) is 5.69 Å². The predicted molar refractivity (Wildman–Crippen MR) is 90.2 cm³/mol. The minimum Gasteiger partial charge on any atom is -0.494 e. The lowest BCUT2D eigenvalue weighted by atomic mass is 10.3. The van der Waals surface area contributed by atoms with Gasteiger partial charge in [-0.15, -0.1) is 0 Å². The second-order valence-corrected chi connectivity index (χ2v) is 9.78. The van der Waals surface area contributed by atoms with Crippen molar-refractivity contribution in [2.45, 2.75) is 11.8 Å². The van der Waals surface area contributed by atoms with Gasteiger partial charge in [0.15, 0.2) is 3.95 Å². The molecule has 0 spiro atoms. The molecule has 2 N–H and O–H groups in total. The molecule has 0 bridgehead atoms. The first-order valence-electron chi connectivity index (χ1n) is 5.88. The zero-order valence-electron chi connectivity index (χ0n) is 10.9. The highest BCUT2D eigenvalue weighted by Gasteiger charge is 2.13. The highest BCUT2D eigenvalue weighted by molar-refractivity contribution is 8.72. The van der Waals surface area contributed by atoms with Crippen molar-refractivity contribution in [2.24, 2.45) is 4.99 Å². The Balaban J connectivity index is 2.20. The molecule has 0 fully saturated rings. The Morgan fingerprint density at radius 3 is 2.62 bits per heavy atom. The molecule has 21 heavy (non-hydrogen) atoms. The fourth-order valence-electron chi connectivity index (χ4n) is 1.47. The Morgan fingerprint density at radius 1 is 1.43 bits per heavy atom. The number of hydrogen-bond donors (Lipinski definition) is 2. The molecule has 0 aliphatic rings. The Morgan fingerprint density at radius 2 is 2.10 bits per heavy atom. The van der Waals surface area contributed by atoms with Gasteiger partial charge in [-0.25, -0.2) is 8.42 Å². The Bertz CT molecular complexity index is 804. The SMILES string of the molecule is CCSS(=O)(=O)c1ccc(N=Cc2sc(=S)[nH]c2O)cc1. The lowest BCUT2D eigenvalue weighted by Crippen LogP contribution is -1.94. The number of rotatable bonds is 5. The van der Waals surface area contributed by atoms with Gasteiger partial charge in [0.05, 0.1) is 16.8 Å². The van der Waals surface area contributed by atoms with Gasteiger partial charge in [0.25, 0.3) is 0 Å². The first kappa shape index (κ1) is 16.2. The van der Waals surface area contributed by atoms with Gasteiger partial charge < -0.3 is 10.1 Å². The summed E-state index contributed by atoms with van der Waals surface area (Å²) in [6.07, 6.45) is 1.48. The van der Waals surface area contributed by atoms with Gasteiger partial charge >= 0.3 is 0 Å². The van der Waals surface area contributed by atoms with E-state index in [-0.39, 0.29) is 10.8 Å². The maximum Gasteiger partial charge on any atom is 0.229 e. The van der Waals surface area contributed by atoms with Gasteiger partial charge in [-0.05, 0) is 47.3 Å². The Hall–Kier alpha value is -1.16. The van der Waals surface area contributed by atoms with E-state index in [1.165, 1.54) is 29.7 Å². The quantitative estimate of drug-likeness (QED) is 0.482. The fraction of sp³-hybridized carbons (Fsp3) is 0.167. The maximum absolute atomic E-state index is 11.8. The number of aromatic nitrogens is 1. The van der Waals surface area contributed by atoms with Gasteiger partial charge in [-0.3, -0.25) is 4.99 Å². The van der Waals surface area contributed by atoms with Crippen LogP contribution in [0.5, 0.6) is 5.88 Å². The van der Waals surface area contributed by atoms with Crippen LogP contribution >= 0.6 is 34.3 Å². The highest BCUT2D eigenvalue weighted by atomic mass is 33.1. The highest BCUT2D eigenvalue weighted by Crippen LogP contribution is 2.25. The summed E-state index contributed by atoms with van der Waals surface area (Å²) in [6.45, 7) is 1.79. The van der Waals surface area contributed by atoms with Crippen molar-refractivity contribution >= 4 is 55.1 Å². The number of aromatic hydroxyl groups is 1. The van der Waals surface area contributed by atoms with Crippen molar-refractivity contribution < 1.29 is 13.5 Å². The molecule has 0 radical (unpaired) electrons. The van der Waals surface area contributed by atoms with E-state index >= 15 is 0 Å². The number of thiazole rings is 1. The van der Waals surface area contributed by atoms with Crippen molar-refractivity contribution in [3.05, 3.63) is 33.1 Å². The molecular formula is C12H12N2O3S4. The third-order valence-corrected chi connectivity index (χ3v) is 7.15. The molecule has 0 aliphatic heterocycles. The molecule has 2 rings (SSSR count). The summed E-state index contributed by atoms with van der Waals surface area (Å²) in [7, 11) is -2.40. The van der Waals surface area contributed by atoms with E-state index in [1.807, 2.05) is 0 Å². The summed E-state index contributed by atoms with van der Waals surface area (Å²) in [4.78, 5) is 7.56. The zero-order chi connectivity index (χ0) is 15.5. The van der Waals surface area contributed by atoms with Crippen molar-refractivity contribution in [3.63, 3.8) is 0 Å². The molecule has 0 atom stereocenters. The van der Waals surface area contributed by atoms with Crippen LogP contribution in [0.15, 0.2) is 34.2 Å². The van der Waals surface area contributed by atoms with E-state index in [4.69, 9.17) is 12.2 Å². The van der Waals surface area contributed by atoms with Gasteiger partial charge in [0.1, 0.15) is 4.88 Å². The van der Waals surface area contributed by atoms with E-state index in [9.17, 15) is 13.5 Å². The number of benzene rings is 1. The van der Waals surface area contributed by atoms with Crippen molar-refractivity contribution in [1.82, 2.24) is 4.98 Å². The summed E-state index contributed by atoms with van der Waals surface area (Å²) in [6, 6.07) is 6.26. The van der Waals surface area contributed by atoms with Crippen molar-refractivity contribution in [2.75, 3.05) is 5.75 Å². The third-order valence-electron chi connectivity index (χ3n) is 2.39. The number of nitrogens with one attached hydrogen (secondary N) is 1. The number of H-pyrrole nitrogens is 1. The normalized spacial score (nSPS) is 12.0. The molecule has 2 aromatic rings. The smallest absolute Gasteiger partial charge is 0.229 e. The summed E-state index contributed by atoms with van der Waals surface area (Å²) < 4.78 is 24.2. The van der Waals surface area contributed by atoms with Gasteiger partial charge in [0.2, 0.25) is 14.7 Å². The van der Waals surface area contributed by atoms with Crippen LogP contribution in [0.1, 0.15) is 11.8 Å². The fourth-order valence-corrected chi connectivity index (χ4v) is 5.03. The van der Waals surface area contributed by atoms with Crippen molar-refractivity contribution in [3.8, 4) is 5.88 Å². The third kappa shape index (κ3) is 4.16. The van der Waals surface area contributed by atoms with E-state index in [1.54, 1.807) is 19.1 Å². The molecule has 0 unspecified atom stereocenters. The number of nitrogens with zero attached hydrogens (tertiary/aromatic N) is 1. The summed E-state index contributed by atoms with van der Waals surface area (Å²) in [5.74, 6) is 0.479. The van der Waals surface area contributed by atoms with Crippen LogP contribution in [0.3, 0.4) is 0 Å². The molecule has 0 aliphatic carbocycles. The first-order chi connectivity index (χ1) is 9.92. The van der Waals surface area contributed by atoms with E-state index in [0.29, 0.717) is 20.3 Å². The molecule has 5 nitrogen and oxygen atoms in total. The van der Waals surface area contributed by atoms with Crippen LogP contribution in [0.2, 0.25) is 0 Å².